The van der Waals surface area contributed by atoms with E-state index in [9.17, 15) is 14.6 Å². The number of benzene rings is 1. The van der Waals surface area contributed by atoms with Gasteiger partial charge in [-0.3, -0.25) is 9.59 Å². The third-order valence-electron chi connectivity index (χ3n) is 6.92. The highest BCUT2D eigenvalue weighted by Gasteiger charge is 2.37. The van der Waals surface area contributed by atoms with Gasteiger partial charge in [-0.25, -0.2) is 0 Å². The number of hydrogen-bond acceptors (Lipinski definition) is 5. The SMILES string of the molecule is CCCCCCNC1CCC(CC(=O)C[C@H]2Cc3cccc(C(C)=O)c3OB2O)CC1. The largest absolute Gasteiger partial charge is 0.535 e. The van der Waals surface area contributed by atoms with Gasteiger partial charge in [0.2, 0.25) is 0 Å². The molecule has 1 aliphatic carbocycles. The molecule has 0 amide bonds. The molecule has 5 nitrogen and oxygen atoms in total. The number of para-hydroxylation sites is 1. The highest BCUT2D eigenvalue weighted by Crippen LogP contribution is 2.37. The van der Waals surface area contributed by atoms with E-state index < -0.39 is 7.12 Å². The van der Waals surface area contributed by atoms with E-state index in [-0.39, 0.29) is 17.4 Å². The van der Waals surface area contributed by atoms with Crippen LogP contribution in [0, 0.1) is 5.92 Å². The van der Waals surface area contributed by atoms with Crippen molar-refractivity contribution in [2.75, 3.05) is 6.54 Å². The Balaban J connectivity index is 1.41. The first-order valence-corrected chi connectivity index (χ1v) is 12.2. The van der Waals surface area contributed by atoms with Crippen LogP contribution in [0.4, 0.5) is 0 Å². The number of nitrogens with one attached hydrogen (secondary N) is 1. The van der Waals surface area contributed by atoms with Crippen molar-refractivity contribution in [1.82, 2.24) is 5.32 Å². The summed E-state index contributed by atoms with van der Waals surface area (Å²) in [7, 11) is -1.04. The summed E-state index contributed by atoms with van der Waals surface area (Å²) in [5.41, 5.74) is 1.40. The van der Waals surface area contributed by atoms with E-state index in [0.29, 0.717) is 42.5 Å². The van der Waals surface area contributed by atoms with E-state index in [0.717, 1.165) is 37.8 Å². The highest BCUT2D eigenvalue weighted by atomic mass is 16.5. The summed E-state index contributed by atoms with van der Waals surface area (Å²) in [6.45, 7) is 4.85. The zero-order valence-electron chi connectivity index (χ0n) is 19.2. The molecule has 0 unspecified atom stereocenters. The average molecular weight is 427 g/mol. The maximum Gasteiger partial charge on any atom is 0.526 e. The summed E-state index contributed by atoms with van der Waals surface area (Å²) in [6.07, 6.45) is 11.2. The molecule has 0 spiro atoms. The van der Waals surface area contributed by atoms with Crippen molar-refractivity contribution in [2.24, 2.45) is 5.92 Å². The van der Waals surface area contributed by atoms with Gasteiger partial charge >= 0.3 is 7.12 Å². The van der Waals surface area contributed by atoms with Crippen LogP contribution >= 0.6 is 0 Å². The lowest BCUT2D eigenvalue weighted by molar-refractivity contribution is -0.120. The molecule has 6 heteroatoms. The average Bonchev–Trinajstić information content (AvgIpc) is 2.74. The second-order valence-corrected chi connectivity index (χ2v) is 9.50. The van der Waals surface area contributed by atoms with Crippen LogP contribution in [0.2, 0.25) is 5.82 Å². The lowest BCUT2D eigenvalue weighted by atomic mass is 9.64. The van der Waals surface area contributed by atoms with Crippen molar-refractivity contribution in [1.29, 1.82) is 0 Å². The topological polar surface area (TPSA) is 75.6 Å². The minimum atomic E-state index is -1.04. The number of unbranched alkanes of at least 4 members (excludes halogenated alkanes) is 3. The van der Waals surface area contributed by atoms with Crippen LogP contribution in [0.3, 0.4) is 0 Å². The van der Waals surface area contributed by atoms with E-state index >= 15 is 0 Å². The Morgan fingerprint density at radius 3 is 2.61 bits per heavy atom. The zero-order chi connectivity index (χ0) is 22.2. The number of rotatable bonds is 11. The number of ketones is 2. The summed E-state index contributed by atoms with van der Waals surface area (Å²) in [5, 5.41) is 14.1. The molecule has 0 aromatic heterocycles. The van der Waals surface area contributed by atoms with Gasteiger partial charge in [0.15, 0.2) is 5.78 Å². The normalized spacial score (nSPS) is 23.2. The molecule has 1 fully saturated rings. The van der Waals surface area contributed by atoms with Gasteiger partial charge in [0.1, 0.15) is 11.5 Å². The zero-order valence-corrected chi connectivity index (χ0v) is 19.2. The predicted molar refractivity (Wildman–Crippen MR) is 125 cm³/mol. The Morgan fingerprint density at radius 2 is 1.90 bits per heavy atom. The molecule has 170 valence electrons. The fraction of sp³-hybridized carbons (Fsp3) is 0.680. The van der Waals surface area contributed by atoms with E-state index in [2.05, 4.69) is 12.2 Å². The Labute approximate surface area is 187 Å². The summed E-state index contributed by atoms with van der Waals surface area (Å²) in [5.74, 6) is 0.832. The second kappa shape index (κ2) is 11.8. The fourth-order valence-electron chi connectivity index (χ4n) is 5.06. The van der Waals surface area contributed by atoms with Crippen LogP contribution in [0.5, 0.6) is 5.75 Å². The minimum absolute atomic E-state index is 0.0790. The van der Waals surface area contributed by atoms with Crippen molar-refractivity contribution in [3.8, 4) is 5.75 Å². The van der Waals surface area contributed by atoms with Gasteiger partial charge in [0, 0.05) is 24.7 Å². The molecule has 1 aromatic carbocycles. The molecule has 1 atom stereocenters. The van der Waals surface area contributed by atoms with Crippen molar-refractivity contribution >= 4 is 18.7 Å². The lowest BCUT2D eigenvalue weighted by Gasteiger charge is -2.30. The quantitative estimate of drug-likeness (QED) is 0.303. The van der Waals surface area contributed by atoms with E-state index in [1.807, 2.05) is 12.1 Å². The molecule has 1 aromatic rings. The summed E-state index contributed by atoms with van der Waals surface area (Å²) < 4.78 is 5.68. The van der Waals surface area contributed by atoms with Gasteiger partial charge in [-0.1, -0.05) is 38.3 Å². The van der Waals surface area contributed by atoms with Crippen LogP contribution in [-0.2, 0) is 11.2 Å². The first-order chi connectivity index (χ1) is 15.0. The predicted octanol–water partition coefficient (Wildman–Crippen LogP) is 4.75. The lowest BCUT2D eigenvalue weighted by Crippen LogP contribution is -2.36. The molecular formula is C25H38BNO4. The second-order valence-electron chi connectivity index (χ2n) is 9.50. The maximum absolute atomic E-state index is 12.7. The molecule has 3 rings (SSSR count). The number of hydrogen-bond donors (Lipinski definition) is 2. The number of fused-ring (bicyclic) bond motifs is 1. The van der Waals surface area contributed by atoms with Crippen LogP contribution in [-0.4, -0.2) is 36.3 Å². The van der Waals surface area contributed by atoms with E-state index in [4.69, 9.17) is 4.65 Å². The van der Waals surface area contributed by atoms with Crippen LogP contribution in [0.25, 0.3) is 0 Å². The van der Waals surface area contributed by atoms with Crippen LogP contribution in [0.1, 0.15) is 94.0 Å². The number of carbonyl (C=O) groups excluding carboxylic acids is 2. The van der Waals surface area contributed by atoms with Crippen molar-refractivity contribution < 1.29 is 19.3 Å². The fourth-order valence-corrected chi connectivity index (χ4v) is 5.06. The van der Waals surface area contributed by atoms with Gasteiger partial charge in [0.25, 0.3) is 0 Å². The third-order valence-corrected chi connectivity index (χ3v) is 6.92. The van der Waals surface area contributed by atoms with Crippen LogP contribution < -0.4 is 9.97 Å². The molecule has 2 N–H and O–H groups in total. The van der Waals surface area contributed by atoms with Gasteiger partial charge in [-0.15, -0.1) is 0 Å². The molecule has 0 saturated heterocycles. The molecule has 0 bridgehead atoms. The molecule has 2 aliphatic rings. The molecule has 31 heavy (non-hydrogen) atoms. The standard InChI is InChI=1S/C25H38BNO4/c1-3-4-5-6-14-27-22-12-10-19(11-13-22)15-23(29)17-21-16-20-8-7-9-24(18(2)28)25(20)31-26(21)30/h7-9,19,21-22,27,30H,3-6,10-17H2,1-2H3/t19?,21-,22?/m1/s1. The smallest absolute Gasteiger partial charge is 0.526 e. The summed E-state index contributed by atoms with van der Waals surface area (Å²) in [4.78, 5) is 24.5. The molecule has 0 radical (unpaired) electrons. The first kappa shape index (κ1) is 24.0. The van der Waals surface area contributed by atoms with Gasteiger partial charge in [-0.2, -0.15) is 0 Å². The van der Waals surface area contributed by atoms with Gasteiger partial charge in [-0.05, 0) is 69.5 Å². The Bertz CT molecular complexity index is 745. The summed E-state index contributed by atoms with van der Waals surface area (Å²) in [6, 6.07) is 6.08. The molecule has 1 aliphatic heterocycles. The van der Waals surface area contributed by atoms with Crippen molar-refractivity contribution in [2.45, 2.75) is 96.3 Å². The van der Waals surface area contributed by atoms with Crippen molar-refractivity contribution in [3.05, 3.63) is 29.3 Å². The van der Waals surface area contributed by atoms with E-state index in [1.54, 1.807) is 6.07 Å². The third kappa shape index (κ3) is 6.91. The summed E-state index contributed by atoms with van der Waals surface area (Å²) >= 11 is 0. The maximum atomic E-state index is 12.7. The first-order valence-electron chi connectivity index (χ1n) is 12.2. The monoisotopic (exact) mass is 427 g/mol. The van der Waals surface area contributed by atoms with Gasteiger partial charge in [0.05, 0.1) is 5.56 Å². The number of carbonyl (C=O) groups is 2. The number of Topliss-reactive ketones (excluding diaryl/α,β-unsaturated/α-hetero) is 2. The Kier molecular flexibility index (Phi) is 9.15. The minimum Gasteiger partial charge on any atom is -0.535 e. The Hall–Kier alpha value is -1.66. The Morgan fingerprint density at radius 1 is 1.13 bits per heavy atom. The molecular weight excluding hydrogens is 389 g/mol. The molecule has 1 heterocycles. The van der Waals surface area contributed by atoms with Gasteiger partial charge < -0.3 is 15.0 Å². The van der Waals surface area contributed by atoms with Crippen molar-refractivity contribution in [3.63, 3.8) is 0 Å². The van der Waals surface area contributed by atoms with E-state index in [1.165, 1.54) is 32.6 Å². The highest BCUT2D eigenvalue weighted by molar-refractivity contribution is 6.47. The van der Waals surface area contributed by atoms with Crippen LogP contribution in [0.15, 0.2) is 18.2 Å². The molecule has 1 saturated carbocycles.